The Labute approximate surface area is 156 Å². The fourth-order valence-electron chi connectivity index (χ4n) is 2.22. The van der Waals surface area contributed by atoms with Crippen molar-refractivity contribution in [1.82, 2.24) is 19.6 Å². The molecule has 1 atom stereocenters. The van der Waals surface area contributed by atoms with Gasteiger partial charge in [0.15, 0.2) is 5.82 Å². The molecule has 0 aliphatic carbocycles. The molecule has 25 heavy (non-hydrogen) atoms. The van der Waals surface area contributed by atoms with Crippen LogP contribution < -0.4 is 5.32 Å². The second-order valence-corrected chi connectivity index (χ2v) is 6.76. The van der Waals surface area contributed by atoms with Gasteiger partial charge < -0.3 is 5.32 Å². The molecule has 1 N–H and O–H groups in total. The number of carbonyl (C=O) groups is 1. The third-order valence-electron chi connectivity index (χ3n) is 3.59. The van der Waals surface area contributed by atoms with Gasteiger partial charge in [-0.2, -0.15) is 10.2 Å². The summed E-state index contributed by atoms with van der Waals surface area (Å²) >= 11 is 9.31. The maximum atomic E-state index is 13.1. The van der Waals surface area contributed by atoms with Gasteiger partial charge in [-0.05, 0) is 40.5 Å². The second kappa shape index (κ2) is 7.37. The van der Waals surface area contributed by atoms with Gasteiger partial charge in [-0.25, -0.2) is 4.39 Å². The monoisotopic (exact) mass is 425 g/mol. The molecule has 0 saturated carbocycles. The summed E-state index contributed by atoms with van der Waals surface area (Å²) in [6.45, 7) is 2.11. The van der Waals surface area contributed by atoms with Crippen LogP contribution in [0.3, 0.4) is 0 Å². The van der Waals surface area contributed by atoms with E-state index in [0.717, 1.165) is 10.0 Å². The van der Waals surface area contributed by atoms with Crippen LogP contribution in [0, 0.1) is 5.82 Å². The summed E-state index contributed by atoms with van der Waals surface area (Å²) in [5.74, 6) is -0.205. The Hall–Kier alpha value is -2.19. The van der Waals surface area contributed by atoms with E-state index in [9.17, 15) is 9.18 Å². The van der Waals surface area contributed by atoms with E-state index in [1.807, 2.05) is 0 Å². The quantitative estimate of drug-likeness (QED) is 0.673. The van der Waals surface area contributed by atoms with Crippen molar-refractivity contribution in [3.8, 4) is 0 Å². The zero-order valence-corrected chi connectivity index (χ0v) is 15.5. The number of amides is 1. The first-order valence-corrected chi connectivity index (χ1v) is 8.57. The molecule has 6 nitrogen and oxygen atoms in total. The Kier molecular flexibility index (Phi) is 5.19. The summed E-state index contributed by atoms with van der Waals surface area (Å²) in [7, 11) is 0. The number of nitrogens with zero attached hydrogens (tertiary/aromatic N) is 4. The van der Waals surface area contributed by atoms with E-state index in [0.29, 0.717) is 17.4 Å². The van der Waals surface area contributed by atoms with Crippen LogP contribution in [0.4, 0.5) is 10.2 Å². The van der Waals surface area contributed by atoms with E-state index in [2.05, 4.69) is 31.4 Å². The zero-order chi connectivity index (χ0) is 18.0. The molecule has 2 heterocycles. The number of anilines is 1. The van der Waals surface area contributed by atoms with E-state index in [1.54, 1.807) is 47.0 Å². The summed E-state index contributed by atoms with van der Waals surface area (Å²) < 4.78 is 17.1. The molecule has 1 unspecified atom stereocenters. The van der Waals surface area contributed by atoms with Crippen LogP contribution in [0.1, 0.15) is 18.5 Å². The van der Waals surface area contributed by atoms with Gasteiger partial charge in [0, 0.05) is 23.5 Å². The summed E-state index contributed by atoms with van der Waals surface area (Å²) in [6.07, 6.45) is 5.05. The van der Waals surface area contributed by atoms with Crippen molar-refractivity contribution in [2.24, 2.45) is 0 Å². The Morgan fingerprint density at radius 3 is 2.92 bits per heavy atom. The Morgan fingerprint density at radius 1 is 1.44 bits per heavy atom. The molecule has 3 rings (SSSR count). The van der Waals surface area contributed by atoms with Gasteiger partial charge in [0.1, 0.15) is 11.9 Å². The van der Waals surface area contributed by atoms with Gasteiger partial charge in [-0.1, -0.05) is 17.7 Å². The first-order valence-electron chi connectivity index (χ1n) is 7.40. The molecule has 0 aliphatic rings. The van der Waals surface area contributed by atoms with Crippen molar-refractivity contribution < 1.29 is 9.18 Å². The zero-order valence-electron chi connectivity index (χ0n) is 13.2. The molecular weight excluding hydrogens is 413 g/mol. The number of nitrogens with one attached hydrogen (secondary N) is 1. The third kappa shape index (κ3) is 4.26. The van der Waals surface area contributed by atoms with E-state index < -0.39 is 6.04 Å². The van der Waals surface area contributed by atoms with Gasteiger partial charge in [-0.15, -0.1) is 0 Å². The number of hydrogen-bond donors (Lipinski definition) is 1. The average Bonchev–Trinajstić information content (AvgIpc) is 3.18. The molecule has 1 aromatic carbocycles. The summed E-state index contributed by atoms with van der Waals surface area (Å²) in [5, 5.41) is 11.4. The van der Waals surface area contributed by atoms with Gasteiger partial charge in [0.2, 0.25) is 5.91 Å². The molecule has 0 spiro atoms. The predicted molar refractivity (Wildman–Crippen MR) is 96.0 cm³/mol. The summed E-state index contributed by atoms with van der Waals surface area (Å²) in [4.78, 5) is 12.3. The van der Waals surface area contributed by atoms with Gasteiger partial charge >= 0.3 is 0 Å². The standard InChI is InChI=1S/C16H14BrClFN5O/c1-10(24-9-12(17)7-20-24)16(25)21-15-4-5-23(22-15)8-11-2-3-13(19)6-14(11)18/h2-7,9-10H,8H2,1H3,(H,21,22,25). The SMILES string of the molecule is CC(C(=O)Nc1ccn(Cc2ccc(F)cc2Cl)n1)n1cc(Br)cn1. The highest BCUT2D eigenvalue weighted by Gasteiger charge is 2.17. The molecule has 130 valence electrons. The van der Waals surface area contributed by atoms with E-state index in [1.165, 1.54) is 12.1 Å². The van der Waals surface area contributed by atoms with Crippen LogP contribution in [0.5, 0.6) is 0 Å². The number of benzene rings is 1. The van der Waals surface area contributed by atoms with Crippen LogP contribution >= 0.6 is 27.5 Å². The molecule has 9 heteroatoms. The number of carbonyl (C=O) groups excluding carboxylic acids is 1. The fraction of sp³-hybridized carbons (Fsp3) is 0.188. The van der Waals surface area contributed by atoms with E-state index in [4.69, 9.17) is 11.6 Å². The minimum Gasteiger partial charge on any atom is -0.307 e. The van der Waals surface area contributed by atoms with Crippen molar-refractivity contribution in [1.29, 1.82) is 0 Å². The van der Waals surface area contributed by atoms with Gasteiger partial charge in [0.25, 0.3) is 0 Å². The number of aromatic nitrogens is 4. The molecule has 0 radical (unpaired) electrons. The summed E-state index contributed by atoms with van der Waals surface area (Å²) in [6, 6.07) is 5.41. The lowest BCUT2D eigenvalue weighted by Crippen LogP contribution is -2.24. The highest BCUT2D eigenvalue weighted by Crippen LogP contribution is 2.19. The van der Waals surface area contributed by atoms with Crippen molar-refractivity contribution in [2.45, 2.75) is 19.5 Å². The molecular formula is C16H14BrClFN5O. The maximum absolute atomic E-state index is 13.1. The Bertz CT molecular complexity index is 910. The highest BCUT2D eigenvalue weighted by atomic mass is 79.9. The van der Waals surface area contributed by atoms with Crippen LogP contribution in [0.2, 0.25) is 5.02 Å². The highest BCUT2D eigenvalue weighted by molar-refractivity contribution is 9.10. The van der Waals surface area contributed by atoms with Crippen molar-refractivity contribution in [3.05, 3.63) is 63.7 Å². The minimum absolute atomic E-state index is 0.235. The smallest absolute Gasteiger partial charge is 0.250 e. The molecule has 3 aromatic rings. The van der Waals surface area contributed by atoms with Crippen LogP contribution in [0.15, 0.2) is 47.3 Å². The van der Waals surface area contributed by atoms with E-state index in [-0.39, 0.29) is 11.7 Å². The Morgan fingerprint density at radius 2 is 2.24 bits per heavy atom. The topological polar surface area (TPSA) is 64.7 Å². The van der Waals surface area contributed by atoms with E-state index >= 15 is 0 Å². The third-order valence-corrected chi connectivity index (χ3v) is 4.35. The summed E-state index contributed by atoms with van der Waals surface area (Å²) in [5.41, 5.74) is 0.735. The van der Waals surface area contributed by atoms with Crippen molar-refractivity contribution >= 4 is 39.3 Å². The first kappa shape index (κ1) is 17.6. The van der Waals surface area contributed by atoms with Crippen molar-refractivity contribution in [3.63, 3.8) is 0 Å². The lowest BCUT2D eigenvalue weighted by atomic mass is 10.2. The lowest BCUT2D eigenvalue weighted by molar-refractivity contribution is -0.119. The van der Waals surface area contributed by atoms with Gasteiger partial charge in [-0.3, -0.25) is 14.2 Å². The molecule has 0 aliphatic heterocycles. The minimum atomic E-state index is -0.483. The molecule has 2 aromatic heterocycles. The number of halogens is 3. The average molecular weight is 427 g/mol. The fourth-order valence-corrected chi connectivity index (χ4v) is 2.75. The largest absolute Gasteiger partial charge is 0.307 e. The second-order valence-electron chi connectivity index (χ2n) is 5.44. The molecule has 1 amide bonds. The normalized spacial score (nSPS) is 12.2. The molecule has 0 saturated heterocycles. The van der Waals surface area contributed by atoms with Crippen molar-refractivity contribution in [2.75, 3.05) is 5.32 Å². The molecule has 0 fully saturated rings. The number of hydrogen-bond acceptors (Lipinski definition) is 3. The predicted octanol–water partition coefficient (Wildman–Crippen LogP) is 3.88. The molecule has 0 bridgehead atoms. The van der Waals surface area contributed by atoms with Gasteiger partial charge in [0.05, 0.1) is 17.2 Å². The maximum Gasteiger partial charge on any atom is 0.250 e. The van der Waals surface area contributed by atoms with Crippen LogP contribution in [-0.4, -0.2) is 25.5 Å². The number of rotatable bonds is 5. The van der Waals surface area contributed by atoms with Crippen LogP contribution in [-0.2, 0) is 11.3 Å². The Balaban J connectivity index is 1.66. The van der Waals surface area contributed by atoms with Crippen LogP contribution in [0.25, 0.3) is 0 Å². The lowest BCUT2D eigenvalue weighted by Gasteiger charge is -2.11. The first-order chi connectivity index (χ1) is 11.9.